The Morgan fingerprint density at radius 2 is 2.06 bits per heavy atom. The number of carbonyl (C=O) groups excluding carboxylic acids is 1. The van der Waals surface area contributed by atoms with Crippen molar-refractivity contribution >= 4 is 12.0 Å². The molecular weight excluding hydrogens is 220 g/mol. The Labute approximate surface area is 102 Å². The van der Waals surface area contributed by atoms with Gasteiger partial charge in [-0.2, -0.15) is 0 Å². The molecule has 0 aliphatic carbocycles. The second kappa shape index (κ2) is 7.55. The second-order valence-electron chi connectivity index (χ2n) is 4.35. The van der Waals surface area contributed by atoms with E-state index in [-0.39, 0.29) is 6.42 Å². The Kier molecular flexibility index (Phi) is 6.80. The van der Waals surface area contributed by atoms with Crippen molar-refractivity contribution in [3.8, 4) is 12.3 Å². The molecule has 0 aromatic heterocycles. The van der Waals surface area contributed by atoms with Crippen LogP contribution in [-0.4, -0.2) is 41.6 Å². The Balaban J connectivity index is 4.21. The highest BCUT2D eigenvalue weighted by Gasteiger charge is 2.20. The topological polar surface area (TPSA) is 69.6 Å². The number of urea groups is 1. The van der Waals surface area contributed by atoms with Gasteiger partial charge in [-0.05, 0) is 12.3 Å². The summed E-state index contributed by atoms with van der Waals surface area (Å²) in [5.74, 6) is 1.60. The molecule has 1 unspecified atom stereocenters. The van der Waals surface area contributed by atoms with Crippen molar-refractivity contribution in [2.45, 2.75) is 32.7 Å². The molecule has 0 saturated carbocycles. The van der Waals surface area contributed by atoms with Crippen molar-refractivity contribution < 1.29 is 14.7 Å². The van der Waals surface area contributed by atoms with Gasteiger partial charge in [-0.15, -0.1) is 12.3 Å². The SMILES string of the molecule is C#CCC(NC(=O)N(C)CCC(C)C)C(=O)O. The van der Waals surface area contributed by atoms with Gasteiger partial charge in [0.15, 0.2) is 0 Å². The van der Waals surface area contributed by atoms with Crippen LogP contribution in [-0.2, 0) is 4.79 Å². The number of rotatable bonds is 6. The third-order valence-electron chi connectivity index (χ3n) is 2.31. The van der Waals surface area contributed by atoms with E-state index in [0.29, 0.717) is 12.5 Å². The number of hydrogen-bond acceptors (Lipinski definition) is 2. The van der Waals surface area contributed by atoms with Gasteiger partial charge in [-0.1, -0.05) is 13.8 Å². The van der Waals surface area contributed by atoms with Crippen LogP contribution < -0.4 is 5.32 Å². The van der Waals surface area contributed by atoms with Gasteiger partial charge in [0, 0.05) is 20.0 Å². The summed E-state index contributed by atoms with van der Waals surface area (Å²) in [7, 11) is 1.63. The van der Waals surface area contributed by atoms with Crippen molar-refractivity contribution in [2.24, 2.45) is 5.92 Å². The summed E-state index contributed by atoms with van der Waals surface area (Å²) in [5.41, 5.74) is 0. The first-order valence-corrected chi connectivity index (χ1v) is 5.56. The maximum absolute atomic E-state index is 11.6. The Hall–Kier alpha value is -1.70. The normalized spacial score (nSPS) is 11.7. The van der Waals surface area contributed by atoms with E-state index in [2.05, 4.69) is 25.1 Å². The molecule has 5 heteroatoms. The van der Waals surface area contributed by atoms with E-state index in [1.54, 1.807) is 7.05 Å². The number of nitrogens with zero attached hydrogens (tertiary/aromatic N) is 1. The molecule has 0 radical (unpaired) electrons. The van der Waals surface area contributed by atoms with Gasteiger partial charge in [0.1, 0.15) is 6.04 Å². The maximum Gasteiger partial charge on any atom is 0.327 e. The maximum atomic E-state index is 11.6. The molecule has 17 heavy (non-hydrogen) atoms. The first kappa shape index (κ1) is 15.3. The van der Waals surface area contributed by atoms with Gasteiger partial charge in [-0.3, -0.25) is 0 Å². The molecule has 2 N–H and O–H groups in total. The van der Waals surface area contributed by atoms with Crippen molar-refractivity contribution in [2.75, 3.05) is 13.6 Å². The second-order valence-corrected chi connectivity index (χ2v) is 4.35. The summed E-state index contributed by atoms with van der Waals surface area (Å²) >= 11 is 0. The number of aliphatic carboxylic acids is 1. The molecule has 0 bridgehead atoms. The zero-order chi connectivity index (χ0) is 13.4. The van der Waals surface area contributed by atoms with Gasteiger partial charge in [-0.25, -0.2) is 9.59 Å². The van der Waals surface area contributed by atoms with E-state index in [1.807, 2.05) is 0 Å². The van der Waals surface area contributed by atoms with Crippen LogP contribution in [0.2, 0.25) is 0 Å². The largest absolute Gasteiger partial charge is 0.480 e. The molecule has 0 aromatic rings. The summed E-state index contributed by atoms with van der Waals surface area (Å²) in [6, 6.07) is -1.43. The molecule has 0 spiro atoms. The Morgan fingerprint density at radius 3 is 2.47 bits per heavy atom. The van der Waals surface area contributed by atoms with Crippen LogP contribution in [0.5, 0.6) is 0 Å². The Bertz CT molecular complexity index is 307. The molecule has 0 saturated heterocycles. The highest BCUT2D eigenvalue weighted by Crippen LogP contribution is 2.01. The number of terminal acetylenes is 1. The van der Waals surface area contributed by atoms with Gasteiger partial charge >= 0.3 is 12.0 Å². The summed E-state index contributed by atoms with van der Waals surface area (Å²) in [6.45, 7) is 4.71. The van der Waals surface area contributed by atoms with Crippen LogP contribution >= 0.6 is 0 Å². The van der Waals surface area contributed by atoms with Gasteiger partial charge < -0.3 is 15.3 Å². The van der Waals surface area contributed by atoms with Gasteiger partial charge in [0.25, 0.3) is 0 Å². The molecular formula is C12H20N2O3. The summed E-state index contributed by atoms with van der Waals surface area (Å²) < 4.78 is 0. The fourth-order valence-corrected chi connectivity index (χ4v) is 1.13. The smallest absolute Gasteiger partial charge is 0.327 e. The minimum Gasteiger partial charge on any atom is -0.480 e. The van der Waals surface area contributed by atoms with Crippen molar-refractivity contribution in [1.82, 2.24) is 10.2 Å². The summed E-state index contributed by atoms with van der Waals surface area (Å²) in [4.78, 5) is 23.9. The fraction of sp³-hybridized carbons (Fsp3) is 0.667. The lowest BCUT2D eigenvalue weighted by atomic mass is 10.1. The molecule has 2 amide bonds. The lowest BCUT2D eigenvalue weighted by Crippen LogP contribution is -2.46. The third kappa shape index (κ3) is 6.46. The minimum absolute atomic E-state index is 0.0148. The number of carbonyl (C=O) groups is 2. The van der Waals surface area contributed by atoms with Gasteiger partial charge in [0.2, 0.25) is 0 Å². The molecule has 96 valence electrons. The predicted molar refractivity (Wildman–Crippen MR) is 65.5 cm³/mol. The van der Waals surface area contributed by atoms with Crippen molar-refractivity contribution in [1.29, 1.82) is 0 Å². The third-order valence-corrected chi connectivity index (χ3v) is 2.31. The number of carboxylic acid groups (broad SMARTS) is 1. The molecule has 0 heterocycles. The molecule has 0 fully saturated rings. The number of hydrogen-bond donors (Lipinski definition) is 2. The summed E-state index contributed by atoms with van der Waals surface area (Å²) in [5, 5.41) is 11.2. The molecule has 0 aliphatic heterocycles. The number of amides is 2. The lowest BCUT2D eigenvalue weighted by Gasteiger charge is -2.21. The lowest BCUT2D eigenvalue weighted by molar-refractivity contribution is -0.139. The monoisotopic (exact) mass is 240 g/mol. The van der Waals surface area contributed by atoms with E-state index in [4.69, 9.17) is 11.5 Å². The first-order chi connectivity index (χ1) is 7.88. The molecule has 0 aromatic carbocycles. The van der Waals surface area contributed by atoms with Crippen LogP contribution in [0.3, 0.4) is 0 Å². The van der Waals surface area contributed by atoms with Gasteiger partial charge in [0.05, 0.1) is 0 Å². The average molecular weight is 240 g/mol. The quantitative estimate of drug-likeness (QED) is 0.684. The van der Waals surface area contributed by atoms with Crippen molar-refractivity contribution in [3.63, 3.8) is 0 Å². The van der Waals surface area contributed by atoms with E-state index < -0.39 is 18.0 Å². The van der Waals surface area contributed by atoms with Crippen molar-refractivity contribution in [3.05, 3.63) is 0 Å². The summed E-state index contributed by atoms with van der Waals surface area (Å²) in [6.07, 6.45) is 5.90. The molecule has 5 nitrogen and oxygen atoms in total. The van der Waals surface area contributed by atoms with E-state index in [0.717, 1.165) is 6.42 Å². The van der Waals surface area contributed by atoms with Crippen LogP contribution in [0.15, 0.2) is 0 Å². The molecule has 0 rings (SSSR count). The van der Waals surface area contributed by atoms with Crippen LogP contribution in [0, 0.1) is 18.3 Å². The molecule has 0 aliphatic rings. The highest BCUT2D eigenvalue weighted by molar-refractivity contribution is 5.82. The number of carboxylic acids is 1. The minimum atomic E-state index is -1.12. The standard InChI is InChI=1S/C12H20N2O3/c1-5-6-10(11(15)16)13-12(17)14(4)8-7-9(2)3/h1,9-10H,6-8H2,2-4H3,(H,13,17)(H,15,16). The average Bonchev–Trinajstić information content (AvgIpc) is 2.24. The van der Waals surface area contributed by atoms with Crippen LogP contribution in [0.1, 0.15) is 26.7 Å². The van der Waals surface area contributed by atoms with E-state index in [9.17, 15) is 9.59 Å². The van der Waals surface area contributed by atoms with Crippen LogP contribution in [0.4, 0.5) is 4.79 Å². The fourth-order valence-electron chi connectivity index (χ4n) is 1.13. The van der Waals surface area contributed by atoms with E-state index in [1.165, 1.54) is 4.90 Å². The zero-order valence-electron chi connectivity index (χ0n) is 10.6. The zero-order valence-corrected chi connectivity index (χ0v) is 10.6. The predicted octanol–water partition coefficient (Wildman–Crippen LogP) is 1.15. The van der Waals surface area contributed by atoms with E-state index >= 15 is 0 Å². The first-order valence-electron chi connectivity index (χ1n) is 5.56. The highest BCUT2D eigenvalue weighted by atomic mass is 16.4. The Morgan fingerprint density at radius 1 is 1.47 bits per heavy atom. The number of nitrogens with one attached hydrogen (secondary N) is 1. The molecule has 1 atom stereocenters. The van der Waals surface area contributed by atoms with Crippen LogP contribution in [0.25, 0.3) is 0 Å².